The van der Waals surface area contributed by atoms with Crippen LogP contribution in [-0.2, 0) is 0 Å². The molecule has 20 heavy (non-hydrogen) atoms. The Balaban J connectivity index is 0.000001000. The summed E-state index contributed by atoms with van der Waals surface area (Å²) in [7, 11) is 0. The van der Waals surface area contributed by atoms with Crippen molar-refractivity contribution in [2.45, 2.75) is 12.5 Å². The average molecular weight is 319 g/mol. The molecule has 5 heteroatoms. The average Bonchev–Trinajstić information content (AvgIpc) is 2.96. The van der Waals surface area contributed by atoms with Crippen molar-refractivity contribution in [1.29, 1.82) is 0 Å². The second kappa shape index (κ2) is 7.99. The van der Waals surface area contributed by atoms with Gasteiger partial charge in [0.05, 0.1) is 0 Å². The van der Waals surface area contributed by atoms with Crippen LogP contribution in [0.5, 0.6) is 0 Å². The van der Waals surface area contributed by atoms with Gasteiger partial charge in [-0.2, -0.15) is 0 Å². The van der Waals surface area contributed by atoms with Gasteiger partial charge in [0.1, 0.15) is 5.82 Å². The summed E-state index contributed by atoms with van der Waals surface area (Å²) in [6.45, 7) is 4.53. The van der Waals surface area contributed by atoms with Gasteiger partial charge in [0.15, 0.2) is 0 Å². The lowest BCUT2D eigenvalue weighted by Gasteiger charge is -2.21. The molecule has 1 aromatic rings. The zero-order chi connectivity index (χ0) is 12.4. The molecule has 2 fully saturated rings. The number of benzene rings is 1. The maximum absolute atomic E-state index is 12.8. The Bertz CT molecular complexity index is 436. The minimum atomic E-state index is -0.174. The van der Waals surface area contributed by atoms with Crippen molar-refractivity contribution >= 4 is 30.9 Å². The summed E-state index contributed by atoms with van der Waals surface area (Å²) in [4.78, 5) is 2.55. The van der Waals surface area contributed by atoms with Crippen LogP contribution in [0.2, 0.25) is 0 Å². The molecular formula is C15H21Cl2FN2. The number of fused-ring (bicyclic) bond motifs is 1. The maximum atomic E-state index is 12.8. The van der Waals surface area contributed by atoms with Gasteiger partial charge < -0.3 is 5.32 Å². The van der Waals surface area contributed by atoms with Crippen LogP contribution in [0.25, 0.3) is 6.08 Å². The number of halogens is 3. The third-order valence-electron chi connectivity index (χ3n) is 4.08. The zero-order valence-corrected chi connectivity index (χ0v) is 12.9. The Hall–Kier alpha value is -0.610. The highest BCUT2D eigenvalue weighted by Gasteiger charge is 2.36. The molecule has 2 aliphatic rings. The molecule has 0 saturated carbocycles. The molecular weight excluding hydrogens is 298 g/mol. The third-order valence-corrected chi connectivity index (χ3v) is 4.08. The van der Waals surface area contributed by atoms with E-state index in [-0.39, 0.29) is 30.6 Å². The molecule has 0 amide bonds. The first-order valence-electron chi connectivity index (χ1n) is 6.70. The summed E-state index contributed by atoms with van der Waals surface area (Å²) in [5, 5.41) is 3.46. The van der Waals surface area contributed by atoms with Crippen molar-refractivity contribution < 1.29 is 4.39 Å². The van der Waals surface area contributed by atoms with Gasteiger partial charge in [0.25, 0.3) is 0 Å². The molecule has 1 N–H and O–H groups in total. The minimum Gasteiger partial charge on any atom is -0.315 e. The van der Waals surface area contributed by atoms with Crippen LogP contribution in [0.4, 0.5) is 4.39 Å². The monoisotopic (exact) mass is 318 g/mol. The molecule has 0 radical (unpaired) electrons. The van der Waals surface area contributed by atoms with Crippen molar-refractivity contribution in [2.24, 2.45) is 5.92 Å². The van der Waals surface area contributed by atoms with E-state index in [2.05, 4.69) is 22.4 Å². The van der Waals surface area contributed by atoms with E-state index in [9.17, 15) is 4.39 Å². The van der Waals surface area contributed by atoms with Crippen LogP contribution >= 0.6 is 24.8 Å². The van der Waals surface area contributed by atoms with E-state index in [1.165, 1.54) is 31.6 Å². The second-order valence-corrected chi connectivity index (χ2v) is 5.22. The maximum Gasteiger partial charge on any atom is 0.123 e. The van der Waals surface area contributed by atoms with Gasteiger partial charge in [-0.1, -0.05) is 24.3 Å². The van der Waals surface area contributed by atoms with Crippen molar-refractivity contribution in [3.63, 3.8) is 0 Å². The third kappa shape index (κ3) is 3.95. The summed E-state index contributed by atoms with van der Waals surface area (Å²) >= 11 is 0. The SMILES string of the molecule is Cl.Cl.Fc1ccc(C=CCN2CC[C@H]3CNC[C@H]32)cc1. The number of nitrogens with zero attached hydrogens (tertiary/aromatic N) is 1. The van der Waals surface area contributed by atoms with Crippen LogP contribution in [0.1, 0.15) is 12.0 Å². The standard InChI is InChI=1S/C15H19FN2.2ClH/c16-14-5-3-12(4-6-14)2-1-8-18-9-7-13-10-17-11-15(13)18;;/h1-6,13,15,17H,7-11H2;2*1H/t13-,15+;;/m0../s1. The molecule has 1 aromatic carbocycles. The van der Waals surface area contributed by atoms with Crippen molar-refractivity contribution in [3.05, 3.63) is 41.7 Å². The topological polar surface area (TPSA) is 15.3 Å². The first-order chi connectivity index (χ1) is 8.83. The van der Waals surface area contributed by atoms with Crippen LogP contribution in [0.3, 0.4) is 0 Å². The molecule has 0 aromatic heterocycles. The van der Waals surface area contributed by atoms with Crippen LogP contribution < -0.4 is 5.32 Å². The Morgan fingerprint density at radius 3 is 2.70 bits per heavy atom. The molecule has 0 spiro atoms. The molecule has 2 heterocycles. The van der Waals surface area contributed by atoms with Gasteiger partial charge in [-0.25, -0.2) is 4.39 Å². The highest BCUT2D eigenvalue weighted by Crippen LogP contribution is 2.26. The molecule has 2 atom stereocenters. The van der Waals surface area contributed by atoms with Gasteiger partial charge in [0, 0.05) is 19.1 Å². The largest absolute Gasteiger partial charge is 0.315 e. The summed E-state index contributed by atoms with van der Waals surface area (Å²) in [5.74, 6) is 0.677. The first-order valence-corrected chi connectivity index (χ1v) is 6.70. The summed E-state index contributed by atoms with van der Waals surface area (Å²) in [6.07, 6.45) is 5.59. The van der Waals surface area contributed by atoms with Crippen LogP contribution in [0, 0.1) is 11.7 Å². The lowest BCUT2D eigenvalue weighted by atomic mass is 10.1. The normalized spacial score (nSPS) is 25.2. The minimum absolute atomic E-state index is 0. The van der Waals surface area contributed by atoms with Crippen molar-refractivity contribution in [2.75, 3.05) is 26.2 Å². The van der Waals surface area contributed by atoms with Gasteiger partial charge in [-0.05, 0) is 43.1 Å². The lowest BCUT2D eigenvalue weighted by molar-refractivity contribution is 0.279. The Kier molecular flexibility index (Phi) is 6.96. The molecule has 0 bridgehead atoms. The first kappa shape index (κ1) is 17.4. The van der Waals surface area contributed by atoms with Gasteiger partial charge >= 0.3 is 0 Å². The molecule has 2 nitrogen and oxygen atoms in total. The fourth-order valence-corrected chi connectivity index (χ4v) is 3.06. The van der Waals surface area contributed by atoms with Gasteiger partial charge in [-0.15, -0.1) is 24.8 Å². The summed E-state index contributed by atoms with van der Waals surface area (Å²) < 4.78 is 12.8. The quantitative estimate of drug-likeness (QED) is 0.921. The fraction of sp³-hybridized carbons (Fsp3) is 0.467. The molecule has 2 saturated heterocycles. The Morgan fingerprint density at radius 1 is 1.20 bits per heavy atom. The van der Waals surface area contributed by atoms with Crippen LogP contribution in [0.15, 0.2) is 30.3 Å². The zero-order valence-electron chi connectivity index (χ0n) is 11.3. The van der Waals surface area contributed by atoms with Crippen molar-refractivity contribution in [1.82, 2.24) is 10.2 Å². The van der Waals surface area contributed by atoms with Crippen molar-refractivity contribution in [3.8, 4) is 0 Å². The Morgan fingerprint density at radius 2 is 1.95 bits per heavy atom. The molecule has 3 rings (SSSR count). The summed E-state index contributed by atoms with van der Waals surface area (Å²) in [5.41, 5.74) is 1.07. The van der Waals surface area contributed by atoms with E-state index in [1.54, 1.807) is 0 Å². The molecule has 2 aliphatic heterocycles. The smallest absolute Gasteiger partial charge is 0.123 e. The van der Waals surface area contributed by atoms with Gasteiger partial charge in [-0.3, -0.25) is 4.90 Å². The highest BCUT2D eigenvalue weighted by atomic mass is 35.5. The lowest BCUT2D eigenvalue weighted by Crippen LogP contribution is -2.34. The number of hydrogen-bond acceptors (Lipinski definition) is 2. The number of nitrogens with one attached hydrogen (secondary N) is 1. The van der Waals surface area contributed by atoms with E-state index in [1.807, 2.05) is 12.1 Å². The van der Waals surface area contributed by atoms with E-state index in [4.69, 9.17) is 0 Å². The van der Waals surface area contributed by atoms with E-state index < -0.39 is 0 Å². The highest BCUT2D eigenvalue weighted by molar-refractivity contribution is 5.85. The van der Waals surface area contributed by atoms with E-state index in [0.717, 1.165) is 30.6 Å². The number of rotatable bonds is 3. The predicted octanol–water partition coefficient (Wildman–Crippen LogP) is 2.98. The number of likely N-dealkylation sites (tertiary alicyclic amines) is 1. The van der Waals surface area contributed by atoms with E-state index in [0.29, 0.717) is 0 Å². The van der Waals surface area contributed by atoms with Gasteiger partial charge in [0.2, 0.25) is 0 Å². The number of hydrogen-bond donors (Lipinski definition) is 1. The summed E-state index contributed by atoms with van der Waals surface area (Å²) in [6, 6.07) is 7.37. The predicted molar refractivity (Wildman–Crippen MR) is 86.3 cm³/mol. The molecule has 0 unspecified atom stereocenters. The Labute approximate surface area is 132 Å². The van der Waals surface area contributed by atoms with Crippen LogP contribution in [-0.4, -0.2) is 37.1 Å². The molecule has 0 aliphatic carbocycles. The molecule has 112 valence electrons. The second-order valence-electron chi connectivity index (χ2n) is 5.22. The fourth-order valence-electron chi connectivity index (χ4n) is 3.06. The van der Waals surface area contributed by atoms with E-state index >= 15 is 0 Å².